The highest BCUT2D eigenvalue weighted by molar-refractivity contribution is 5.94. The zero-order valence-electron chi connectivity index (χ0n) is 7.79. The van der Waals surface area contributed by atoms with Crippen LogP contribution in [0.1, 0.15) is 35.3 Å². The zero-order valence-corrected chi connectivity index (χ0v) is 7.79. The summed E-state index contributed by atoms with van der Waals surface area (Å²) in [4.78, 5) is 11.0. The van der Waals surface area contributed by atoms with Crippen molar-refractivity contribution in [1.82, 2.24) is 0 Å². The number of nitrogens with zero attached hydrogens (tertiary/aromatic N) is 1. The van der Waals surface area contributed by atoms with Gasteiger partial charge in [-0.15, -0.1) is 0 Å². The Labute approximate surface area is 77.8 Å². The van der Waals surface area contributed by atoms with Gasteiger partial charge in [0.15, 0.2) is 5.78 Å². The maximum Gasteiger partial charge on any atom is 0.159 e. The van der Waals surface area contributed by atoms with Gasteiger partial charge in [0.25, 0.3) is 0 Å². The number of nitriles is 1. The lowest BCUT2D eigenvalue weighted by molar-refractivity contribution is 0.101. The molecule has 1 rings (SSSR count). The van der Waals surface area contributed by atoms with E-state index in [1.165, 1.54) is 6.92 Å². The fourth-order valence-corrected chi connectivity index (χ4v) is 1.21. The van der Waals surface area contributed by atoms with Gasteiger partial charge < -0.3 is 0 Å². The second-order valence-corrected chi connectivity index (χ2v) is 2.89. The second kappa shape index (κ2) is 3.86. The number of carbonyl (C=O) groups is 1. The third-order valence-electron chi connectivity index (χ3n) is 2.02. The molecule has 0 unspecified atom stereocenters. The molecule has 0 aliphatic heterocycles. The van der Waals surface area contributed by atoms with Crippen molar-refractivity contribution in [1.29, 1.82) is 5.26 Å². The van der Waals surface area contributed by atoms with Crippen LogP contribution in [0.2, 0.25) is 0 Å². The van der Waals surface area contributed by atoms with Gasteiger partial charge in [0.2, 0.25) is 0 Å². The van der Waals surface area contributed by atoms with Crippen LogP contribution in [-0.2, 0) is 6.42 Å². The van der Waals surface area contributed by atoms with Gasteiger partial charge in [-0.25, -0.2) is 0 Å². The molecule has 2 heteroatoms. The van der Waals surface area contributed by atoms with Crippen LogP contribution in [0.5, 0.6) is 0 Å². The first-order valence-electron chi connectivity index (χ1n) is 4.23. The molecule has 1 aromatic rings. The summed E-state index contributed by atoms with van der Waals surface area (Å²) in [6.07, 6.45) is 0.821. The maximum atomic E-state index is 11.0. The van der Waals surface area contributed by atoms with E-state index in [0.717, 1.165) is 12.0 Å². The Kier molecular flexibility index (Phi) is 2.81. The Morgan fingerprint density at radius 2 is 2.23 bits per heavy atom. The summed E-state index contributed by atoms with van der Waals surface area (Å²) in [5, 5.41) is 8.79. The number of hydrogen-bond donors (Lipinski definition) is 0. The van der Waals surface area contributed by atoms with Gasteiger partial charge in [0.1, 0.15) is 0 Å². The molecule has 0 bridgehead atoms. The van der Waals surface area contributed by atoms with Crippen molar-refractivity contribution in [2.45, 2.75) is 20.3 Å². The molecule has 2 nitrogen and oxygen atoms in total. The standard InChI is InChI=1S/C11H11NO/c1-3-9-4-5-10(8(2)13)6-11(9)7-12/h4-6H,3H2,1-2H3. The van der Waals surface area contributed by atoms with Crippen molar-refractivity contribution in [2.24, 2.45) is 0 Å². The molecule has 0 heterocycles. The number of ketones is 1. The molecule has 66 valence electrons. The van der Waals surface area contributed by atoms with Crippen molar-refractivity contribution in [3.8, 4) is 6.07 Å². The van der Waals surface area contributed by atoms with Crippen molar-refractivity contribution in [3.63, 3.8) is 0 Å². The Bertz CT molecular complexity index is 374. The Morgan fingerprint density at radius 3 is 2.69 bits per heavy atom. The Hall–Kier alpha value is -1.62. The molecular formula is C11H11NO. The fourth-order valence-electron chi connectivity index (χ4n) is 1.21. The second-order valence-electron chi connectivity index (χ2n) is 2.89. The maximum absolute atomic E-state index is 11.0. The van der Waals surface area contributed by atoms with E-state index in [0.29, 0.717) is 11.1 Å². The molecule has 0 aliphatic rings. The predicted molar refractivity (Wildman–Crippen MR) is 50.5 cm³/mol. The molecule has 0 spiro atoms. The molecule has 0 aliphatic carbocycles. The predicted octanol–water partition coefficient (Wildman–Crippen LogP) is 2.32. The number of benzene rings is 1. The molecule has 0 fully saturated rings. The molecular weight excluding hydrogens is 162 g/mol. The summed E-state index contributed by atoms with van der Waals surface area (Å²) in [6.45, 7) is 3.49. The van der Waals surface area contributed by atoms with Crippen molar-refractivity contribution >= 4 is 5.78 Å². The molecule has 13 heavy (non-hydrogen) atoms. The molecule has 0 radical (unpaired) electrons. The smallest absolute Gasteiger partial charge is 0.159 e. The topological polar surface area (TPSA) is 40.9 Å². The van der Waals surface area contributed by atoms with E-state index < -0.39 is 0 Å². The number of rotatable bonds is 2. The van der Waals surface area contributed by atoms with Crippen molar-refractivity contribution in [2.75, 3.05) is 0 Å². The van der Waals surface area contributed by atoms with Gasteiger partial charge in [0.05, 0.1) is 11.6 Å². The van der Waals surface area contributed by atoms with Crippen LogP contribution >= 0.6 is 0 Å². The monoisotopic (exact) mass is 173 g/mol. The van der Waals surface area contributed by atoms with E-state index in [1.807, 2.05) is 13.0 Å². The number of aryl methyl sites for hydroxylation is 1. The molecule has 0 aromatic heterocycles. The summed E-state index contributed by atoms with van der Waals surface area (Å²) in [7, 11) is 0. The van der Waals surface area contributed by atoms with E-state index in [1.54, 1.807) is 12.1 Å². The molecule has 0 amide bonds. The van der Waals surface area contributed by atoms with E-state index in [4.69, 9.17) is 5.26 Å². The SMILES string of the molecule is CCc1ccc(C(C)=O)cc1C#N. The minimum absolute atomic E-state index is 0.000784. The van der Waals surface area contributed by atoms with Gasteiger partial charge in [-0.1, -0.05) is 19.1 Å². The van der Waals surface area contributed by atoms with Crippen LogP contribution < -0.4 is 0 Å². The Balaban J connectivity index is 3.23. The highest BCUT2D eigenvalue weighted by Gasteiger charge is 2.04. The van der Waals surface area contributed by atoms with Crippen LogP contribution in [0.3, 0.4) is 0 Å². The molecule has 1 aromatic carbocycles. The Morgan fingerprint density at radius 1 is 1.54 bits per heavy atom. The van der Waals surface area contributed by atoms with Crippen molar-refractivity contribution in [3.05, 3.63) is 34.9 Å². The minimum Gasteiger partial charge on any atom is -0.295 e. The van der Waals surface area contributed by atoms with Gasteiger partial charge in [-0.05, 0) is 25.0 Å². The lowest BCUT2D eigenvalue weighted by Crippen LogP contribution is -1.95. The van der Waals surface area contributed by atoms with Crippen LogP contribution in [-0.4, -0.2) is 5.78 Å². The van der Waals surface area contributed by atoms with Crippen LogP contribution in [0, 0.1) is 11.3 Å². The average molecular weight is 173 g/mol. The molecule has 0 saturated heterocycles. The molecule has 0 atom stereocenters. The first kappa shape index (κ1) is 9.47. The summed E-state index contributed by atoms with van der Waals surface area (Å²) >= 11 is 0. The van der Waals surface area contributed by atoms with Crippen LogP contribution in [0.15, 0.2) is 18.2 Å². The van der Waals surface area contributed by atoms with Gasteiger partial charge in [-0.2, -0.15) is 5.26 Å². The van der Waals surface area contributed by atoms with Crippen LogP contribution in [0.4, 0.5) is 0 Å². The third-order valence-corrected chi connectivity index (χ3v) is 2.02. The highest BCUT2D eigenvalue weighted by atomic mass is 16.1. The third kappa shape index (κ3) is 1.94. The number of Topliss-reactive ketones (excluding diaryl/α,β-unsaturated/α-hetero) is 1. The summed E-state index contributed by atoms with van der Waals surface area (Å²) in [5.74, 6) is -0.000784. The normalized spacial score (nSPS) is 9.31. The molecule has 0 saturated carbocycles. The fraction of sp³-hybridized carbons (Fsp3) is 0.273. The van der Waals surface area contributed by atoms with E-state index in [9.17, 15) is 4.79 Å². The minimum atomic E-state index is -0.000784. The van der Waals surface area contributed by atoms with Gasteiger partial charge in [-0.3, -0.25) is 4.79 Å². The van der Waals surface area contributed by atoms with E-state index >= 15 is 0 Å². The first-order chi connectivity index (χ1) is 6.19. The number of hydrogen-bond acceptors (Lipinski definition) is 2. The van der Waals surface area contributed by atoms with E-state index in [-0.39, 0.29) is 5.78 Å². The van der Waals surface area contributed by atoms with Crippen LogP contribution in [0.25, 0.3) is 0 Å². The van der Waals surface area contributed by atoms with Gasteiger partial charge >= 0.3 is 0 Å². The lowest BCUT2D eigenvalue weighted by atomic mass is 10.0. The average Bonchev–Trinajstić information content (AvgIpc) is 2.16. The number of carbonyl (C=O) groups excluding carboxylic acids is 1. The van der Waals surface area contributed by atoms with Crippen molar-refractivity contribution < 1.29 is 4.79 Å². The lowest BCUT2D eigenvalue weighted by Gasteiger charge is -2.01. The highest BCUT2D eigenvalue weighted by Crippen LogP contribution is 2.12. The van der Waals surface area contributed by atoms with Gasteiger partial charge in [0, 0.05) is 5.56 Å². The summed E-state index contributed by atoms with van der Waals surface area (Å²) < 4.78 is 0. The van der Waals surface area contributed by atoms with E-state index in [2.05, 4.69) is 6.07 Å². The first-order valence-corrected chi connectivity index (χ1v) is 4.23. The quantitative estimate of drug-likeness (QED) is 0.644. The summed E-state index contributed by atoms with van der Waals surface area (Å²) in [6, 6.07) is 7.35. The zero-order chi connectivity index (χ0) is 9.84. The summed E-state index contributed by atoms with van der Waals surface area (Å²) in [5.41, 5.74) is 2.21. The molecule has 0 N–H and O–H groups in total. The largest absolute Gasteiger partial charge is 0.295 e.